The highest BCUT2D eigenvalue weighted by molar-refractivity contribution is 6.32. The van der Waals surface area contributed by atoms with Gasteiger partial charge in [0.1, 0.15) is 5.75 Å². The van der Waals surface area contributed by atoms with E-state index >= 15 is 0 Å². The van der Waals surface area contributed by atoms with Gasteiger partial charge in [-0.05, 0) is 38.0 Å². The monoisotopic (exact) mass is 270 g/mol. The van der Waals surface area contributed by atoms with Gasteiger partial charge in [0.05, 0.1) is 5.02 Å². The molecule has 0 spiro atoms. The van der Waals surface area contributed by atoms with Gasteiger partial charge in [0, 0.05) is 13.1 Å². The summed E-state index contributed by atoms with van der Waals surface area (Å²) in [6.45, 7) is 3.61. The molecule has 5 heteroatoms. The van der Waals surface area contributed by atoms with Crippen molar-refractivity contribution < 1.29 is 9.53 Å². The summed E-state index contributed by atoms with van der Waals surface area (Å²) in [4.78, 5) is 11.3. The molecule has 1 rings (SSSR count). The number of carbonyl (C=O) groups is 1. The molecule has 0 fully saturated rings. The van der Waals surface area contributed by atoms with Crippen LogP contribution in [0.2, 0.25) is 5.02 Å². The van der Waals surface area contributed by atoms with Crippen molar-refractivity contribution in [2.45, 2.75) is 32.4 Å². The van der Waals surface area contributed by atoms with Gasteiger partial charge >= 0.3 is 0 Å². The predicted molar refractivity (Wildman–Crippen MR) is 73.0 cm³/mol. The molecule has 3 N–H and O–H groups in total. The number of likely N-dealkylation sites (N-methyl/N-ethyl adjacent to an activating group) is 1. The Balaban J connectivity index is 2.76. The molecule has 0 saturated heterocycles. The maximum Gasteiger partial charge on any atom is 0.260 e. The van der Waals surface area contributed by atoms with Gasteiger partial charge in [0.2, 0.25) is 0 Å². The molecular weight excluding hydrogens is 252 g/mol. The van der Waals surface area contributed by atoms with E-state index in [1.165, 1.54) is 0 Å². The molecule has 2 atom stereocenters. The standard InChI is InChI=1S/C13H19ClN2O2/c1-8(15)6-10-4-5-12(11(14)7-10)18-9(2)13(17)16-3/h4-5,7-9H,6,15H2,1-3H3,(H,16,17). The third kappa shape index (κ3) is 4.20. The molecule has 1 aromatic rings. The highest BCUT2D eigenvalue weighted by Gasteiger charge is 2.14. The molecule has 0 saturated carbocycles. The Kier molecular flexibility index (Phi) is 5.44. The fraction of sp³-hybridized carbons (Fsp3) is 0.462. The number of hydrogen-bond acceptors (Lipinski definition) is 3. The zero-order valence-corrected chi connectivity index (χ0v) is 11.6. The lowest BCUT2D eigenvalue weighted by atomic mass is 10.1. The summed E-state index contributed by atoms with van der Waals surface area (Å²) < 4.78 is 5.48. The molecule has 4 nitrogen and oxygen atoms in total. The van der Waals surface area contributed by atoms with Gasteiger partial charge in [-0.1, -0.05) is 17.7 Å². The molecule has 2 unspecified atom stereocenters. The fourth-order valence-electron chi connectivity index (χ4n) is 1.59. The van der Waals surface area contributed by atoms with Crippen molar-refractivity contribution in [3.05, 3.63) is 28.8 Å². The second kappa shape index (κ2) is 6.61. The molecule has 0 aliphatic carbocycles. The van der Waals surface area contributed by atoms with Gasteiger partial charge in [0.25, 0.3) is 5.91 Å². The molecular formula is C13H19ClN2O2. The van der Waals surface area contributed by atoms with Crippen LogP contribution in [0.15, 0.2) is 18.2 Å². The first-order valence-corrected chi connectivity index (χ1v) is 6.24. The van der Waals surface area contributed by atoms with E-state index in [-0.39, 0.29) is 11.9 Å². The van der Waals surface area contributed by atoms with Crippen LogP contribution in [0, 0.1) is 0 Å². The second-order valence-electron chi connectivity index (χ2n) is 4.32. The highest BCUT2D eigenvalue weighted by atomic mass is 35.5. The van der Waals surface area contributed by atoms with E-state index in [0.29, 0.717) is 10.8 Å². The zero-order chi connectivity index (χ0) is 13.7. The van der Waals surface area contributed by atoms with Crippen molar-refractivity contribution in [3.8, 4) is 5.75 Å². The number of benzene rings is 1. The maximum absolute atomic E-state index is 11.3. The molecule has 1 amide bonds. The number of rotatable bonds is 5. The lowest BCUT2D eigenvalue weighted by molar-refractivity contribution is -0.126. The molecule has 0 aromatic heterocycles. The Morgan fingerprint density at radius 3 is 2.67 bits per heavy atom. The van der Waals surface area contributed by atoms with Crippen molar-refractivity contribution in [1.29, 1.82) is 0 Å². The van der Waals surface area contributed by atoms with Crippen LogP contribution in [0.1, 0.15) is 19.4 Å². The van der Waals surface area contributed by atoms with Gasteiger partial charge < -0.3 is 15.8 Å². The summed E-state index contributed by atoms with van der Waals surface area (Å²) in [7, 11) is 1.57. The van der Waals surface area contributed by atoms with Crippen molar-refractivity contribution in [3.63, 3.8) is 0 Å². The number of nitrogens with two attached hydrogens (primary N) is 1. The van der Waals surface area contributed by atoms with E-state index in [1.54, 1.807) is 20.0 Å². The first kappa shape index (κ1) is 14.8. The molecule has 0 bridgehead atoms. The minimum absolute atomic E-state index is 0.0811. The predicted octanol–water partition coefficient (Wildman–Crippen LogP) is 1.74. The van der Waals surface area contributed by atoms with Crippen molar-refractivity contribution in [1.82, 2.24) is 5.32 Å². The second-order valence-corrected chi connectivity index (χ2v) is 4.73. The first-order valence-electron chi connectivity index (χ1n) is 5.86. The van der Waals surface area contributed by atoms with E-state index in [0.717, 1.165) is 12.0 Å². The van der Waals surface area contributed by atoms with E-state index in [9.17, 15) is 4.79 Å². The molecule has 0 aliphatic rings. The quantitative estimate of drug-likeness (QED) is 0.857. The number of hydrogen-bond donors (Lipinski definition) is 2. The van der Waals surface area contributed by atoms with Crippen LogP contribution in [0.3, 0.4) is 0 Å². The van der Waals surface area contributed by atoms with E-state index in [4.69, 9.17) is 22.1 Å². The minimum Gasteiger partial charge on any atom is -0.479 e. The fourth-order valence-corrected chi connectivity index (χ4v) is 1.83. The largest absolute Gasteiger partial charge is 0.479 e. The highest BCUT2D eigenvalue weighted by Crippen LogP contribution is 2.26. The van der Waals surface area contributed by atoms with Gasteiger partial charge in [-0.15, -0.1) is 0 Å². The van der Waals surface area contributed by atoms with Crippen LogP contribution in [0.25, 0.3) is 0 Å². The van der Waals surface area contributed by atoms with Crippen LogP contribution in [0.4, 0.5) is 0 Å². The van der Waals surface area contributed by atoms with E-state index in [2.05, 4.69) is 5.32 Å². The Morgan fingerprint density at radius 1 is 1.50 bits per heavy atom. The average molecular weight is 271 g/mol. The lowest BCUT2D eigenvalue weighted by Gasteiger charge is -2.15. The van der Waals surface area contributed by atoms with Crippen molar-refractivity contribution >= 4 is 17.5 Å². The van der Waals surface area contributed by atoms with Crippen molar-refractivity contribution in [2.24, 2.45) is 5.73 Å². The Labute approximate surface area is 112 Å². The topological polar surface area (TPSA) is 64.3 Å². The summed E-state index contributed by atoms with van der Waals surface area (Å²) in [6.07, 6.45) is 0.178. The number of nitrogens with one attached hydrogen (secondary N) is 1. The summed E-state index contributed by atoms with van der Waals surface area (Å²) in [5, 5.41) is 3.01. The third-order valence-electron chi connectivity index (χ3n) is 2.47. The van der Waals surface area contributed by atoms with Gasteiger partial charge in [-0.25, -0.2) is 0 Å². The van der Waals surface area contributed by atoms with Crippen molar-refractivity contribution in [2.75, 3.05) is 7.05 Å². The van der Waals surface area contributed by atoms with Gasteiger partial charge in [-0.3, -0.25) is 4.79 Å². The molecule has 0 radical (unpaired) electrons. The lowest BCUT2D eigenvalue weighted by Crippen LogP contribution is -2.33. The number of halogens is 1. The van der Waals surface area contributed by atoms with Crippen LogP contribution < -0.4 is 15.8 Å². The van der Waals surface area contributed by atoms with Gasteiger partial charge in [0.15, 0.2) is 6.10 Å². The van der Waals surface area contributed by atoms with Crippen LogP contribution in [0.5, 0.6) is 5.75 Å². The minimum atomic E-state index is -0.577. The molecule has 18 heavy (non-hydrogen) atoms. The van der Waals surface area contributed by atoms with E-state index in [1.807, 2.05) is 19.1 Å². The SMILES string of the molecule is CNC(=O)C(C)Oc1ccc(CC(C)N)cc1Cl. The summed E-state index contributed by atoms with van der Waals surface area (Å²) in [5.74, 6) is 0.312. The molecule has 1 aromatic carbocycles. The average Bonchev–Trinajstić information content (AvgIpc) is 2.30. The summed E-state index contributed by atoms with van der Waals surface area (Å²) in [5.41, 5.74) is 6.77. The summed E-state index contributed by atoms with van der Waals surface area (Å²) >= 11 is 6.11. The normalized spacial score (nSPS) is 13.8. The molecule has 100 valence electrons. The Morgan fingerprint density at radius 2 is 2.17 bits per heavy atom. The molecule has 0 heterocycles. The Bertz CT molecular complexity index is 421. The van der Waals surface area contributed by atoms with Crippen LogP contribution in [-0.4, -0.2) is 25.1 Å². The van der Waals surface area contributed by atoms with Crippen LogP contribution in [-0.2, 0) is 11.2 Å². The number of ether oxygens (including phenoxy) is 1. The van der Waals surface area contributed by atoms with E-state index < -0.39 is 6.10 Å². The van der Waals surface area contributed by atoms with Gasteiger partial charge in [-0.2, -0.15) is 0 Å². The number of amides is 1. The summed E-state index contributed by atoms with van der Waals surface area (Å²) in [6, 6.07) is 5.56. The Hall–Kier alpha value is -1.26. The maximum atomic E-state index is 11.3. The number of carbonyl (C=O) groups excluding carboxylic acids is 1. The molecule has 0 aliphatic heterocycles. The first-order chi connectivity index (χ1) is 8.43. The third-order valence-corrected chi connectivity index (χ3v) is 2.77. The smallest absolute Gasteiger partial charge is 0.260 e. The van der Waals surface area contributed by atoms with Crippen LogP contribution >= 0.6 is 11.6 Å². The zero-order valence-electron chi connectivity index (χ0n) is 10.9.